The van der Waals surface area contributed by atoms with E-state index in [2.05, 4.69) is 0 Å². The van der Waals surface area contributed by atoms with Crippen molar-refractivity contribution in [3.8, 4) is 5.75 Å². The average Bonchev–Trinajstić information content (AvgIpc) is 3.33. The number of carbonyl (C=O) groups excluding carboxylic acids is 2. The number of benzene rings is 1. The van der Waals surface area contributed by atoms with Gasteiger partial charge >= 0.3 is 19.2 Å². The summed E-state index contributed by atoms with van der Waals surface area (Å²) >= 11 is 0. The molecular formula is C18H20BFO7. The number of carbonyl (C=O) groups is 2. The van der Waals surface area contributed by atoms with Gasteiger partial charge in [-0.15, -0.1) is 0 Å². The minimum absolute atomic E-state index is 0.00592. The van der Waals surface area contributed by atoms with Gasteiger partial charge in [0.05, 0.1) is 0 Å². The summed E-state index contributed by atoms with van der Waals surface area (Å²) in [6.07, 6.45) is 2.35. The fourth-order valence-electron chi connectivity index (χ4n) is 3.93. The van der Waals surface area contributed by atoms with E-state index >= 15 is 0 Å². The van der Waals surface area contributed by atoms with E-state index < -0.39 is 37.4 Å². The summed E-state index contributed by atoms with van der Waals surface area (Å²) in [6.45, 7) is 1.29. The van der Waals surface area contributed by atoms with Crippen LogP contribution < -0.4 is 4.65 Å². The van der Waals surface area contributed by atoms with E-state index in [-0.39, 0.29) is 29.5 Å². The van der Waals surface area contributed by atoms with E-state index in [1.165, 1.54) is 6.07 Å². The van der Waals surface area contributed by atoms with Gasteiger partial charge in [-0.2, -0.15) is 0 Å². The Balaban J connectivity index is 1.36. The molecule has 2 saturated carbocycles. The number of hydrogen-bond donors (Lipinski definition) is 1. The van der Waals surface area contributed by atoms with Gasteiger partial charge in [0, 0.05) is 5.82 Å². The summed E-state index contributed by atoms with van der Waals surface area (Å²) in [5.74, 6) is -1.57. The molecule has 4 unspecified atom stereocenters. The maximum Gasteiger partial charge on any atom is 0.526 e. The topological polar surface area (TPSA) is 91.3 Å². The molecule has 27 heavy (non-hydrogen) atoms. The van der Waals surface area contributed by atoms with E-state index in [1.807, 2.05) is 6.92 Å². The molecule has 1 aromatic carbocycles. The fourth-order valence-corrected chi connectivity index (χ4v) is 3.93. The van der Waals surface area contributed by atoms with Crippen molar-refractivity contribution in [2.45, 2.75) is 50.4 Å². The standard InChI is InChI=1S/C18H20BFO7/c1-9-3-2-4-14(9)26-18(22)25-8-24-17(21)15-13(20)6-5-10-11-7-12(11)19(23)27-16(10)15/h5-6,9,11-12,14,23H,2-4,7-8H2,1H3. The lowest BCUT2D eigenvalue weighted by Crippen LogP contribution is -2.28. The Labute approximate surface area is 155 Å². The molecule has 0 amide bonds. The van der Waals surface area contributed by atoms with Crippen LogP contribution in [0.3, 0.4) is 0 Å². The summed E-state index contributed by atoms with van der Waals surface area (Å²) < 4.78 is 34.3. The van der Waals surface area contributed by atoms with Crippen LogP contribution >= 0.6 is 0 Å². The first kappa shape index (κ1) is 18.1. The molecule has 4 rings (SSSR count). The molecule has 7 nitrogen and oxygen atoms in total. The van der Waals surface area contributed by atoms with Crippen molar-refractivity contribution >= 4 is 19.2 Å². The van der Waals surface area contributed by atoms with Crippen LogP contribution in [0.5, 0.6) is 5.75 Å². The Morgan fingerprint density at radius 3 is 2.89 bits per heavy atom. The zero-order valence-corrected chi connectivity index (χ0v) is 14.9. The number of ether oxygens (including phenoxy) is 3. The monoisotopic (exact) mass is 378 g/mol. The second-order valence-corrected chi connectivity index (χ2v) is 7.36. The molecule has 2 aliphatic carbocycles. The minimum Gasteiger partial charge on any atom is -0.535 e. The van der Waals surface area contributed by atoms with Gasteiger partial charge in [0.2, 0.25) is 6.79 Å². The lowest BCUT2D eigenvalue weighted by atomic mass is 9.77. The van der Waals surface area contributed by atoms with Crippen molar-refractivity contribution in [2.75, 3.05) is 6.79 Å². The fraction of sp³-hybridized carbons (Fsp3) is 0.556. The maximum atomic E-state index is 14.2. The minimum atomic E-state index is -1.07. The number of hydrogen-bond acceptors (Lipinski definition) is 7. The van der Waals surface area contributed by atoms with Gasteiger partial charge < -0.3 is 23.9 Å². The predicted molar refractivity (Wildman–Crippen MR) is 90.8 cm³/mol. The third kappa shape index (κ3) is 3.48. The van der Waals surface area contributed by atoms with Crippen LogP contribution in [0.15, 0.2) is 12.1 Å². The van der Waals surface area contributed by atoms with Crippen molar-refractivity contribution in [2.24, 2.45) is 5.92 Å². The molecule has 9 heteroatoms. The maximum absolute atomic E-state index is 14.2. The molecule has 0 bridgehead atoms. The van der Waals surface area contributed by atoms with E-state index in [0.717, 1.165) is 25.7 Å². The van der Waals surface area contributed by atoms with Crippen LogP contribution in [0.1, 0.15) is 54.4 Å². The first-order valence-corrected chi connectivity index (χ1v) is 9.13. The van der Waals surface area contributed by atoms with Crippen molar-refractivity contribution in [3.63, 3.8) is 0 Å². The molecule has 3 aliphatic rings. The summed E-state index contributed by atoms with van der Waals surface area (Å²) in [7, 11) is -1.07. The van der Waals surface area contributed by atoms with E-state index in [1.54, 1.807) is 6.07 Å². The zero-order chi connectivity index (χ0) is 19.1. The molecule has 2 fully saturated rings. The molecule has 1 aromatic rings. The van der Waals surface area contributed by atoms with Crippen LogP contribution in [-0.4, -0.2) is 37.2 Å². The first-order valence-electron chi connectivity index (χ1n) is 9.13. The Morgan fingerprint density at radius 2 is 2.15 bits per heavy atom. The number of fused-ring (bicyclic) bond motifs is 3. The predicted octanol–water partition coefficient (Wildman–Crippen LogP) is 3.01. The van der Waals surface area contributed by atoms with Crippen LogP contribution in [0.25, 0.3) is 0 Å². The third-order valence-corrected chi connectivity index (χ3v) is 5.58. The number of esters is 1. The molecule has 144 valence electrons. The SMILES string of the molecule is CC1CCCC1OC(=O)OCOC(=O)c1c(F)ccc2c1OB(O)C1CC21. The summed E-state index contributed by atoms with van der Waals surface area (Å²) in [4.78, 5) is 24.0. The largest absolute Gasteiger partial charge is 0.535 e. The van der Waals surface area contributed by atoms with Gasteiger partial charge in [0.1, 0.15) is 23.2 Å². The van der Waals surface area contributed by atoms with Crippen LogP contribution in [0, 0.1) is 11.7 Å². The van der Waals surface area contributed by atoms with Gasteiger partial charge in [0.25, 0.3) is 0 Å². The summed E-state index contributed by atoms with van der Waals surface area (Å²) in [5.41, 5.74) is 0.271. The summed E-state index contributed by atoms with van der Waals surface area (Å²) in [6, 6.07) is 2.72. The molecule has 0 saturated heterocycles. The van der Waals surface area contributed by atoms with Gasteiger partial charge in [-0.25, -0.2) is 14.0 Å². The summed E-state index contributed by atoms with van der Waals surface area (Å²) in [5, 5.41) is 9.89. The van der Waals surface area contributed by atoms with Gasteiger partial charge in [-0.1, -0.05) is 13.0 Å². The third-order valence-electron chi connectivity index (χ3n) is 5.58. The number of halogens is 1. The molecule has 0 radical (unpaired) electrons. The number of rotatable bonds is 4. The van der Waals surface area contributed by atoms with E-state index in [0.29, 0.717) is 5.56 Å². The highest BCUT2D eigenvalue weighted by atomic mass is 19.1. The molecule has 0 spiro atoms. The Morgan fingerprint density at radius 1 is 1.33 bits per heavy atom. The van der Waals surface area contributed by atoms with Gasteiger partial charge in [0.15, 0.2) is 0 Å². The zero-order valence-electron chi connectivity index (χ0n) is 14.9. The molecule has 1 heterocycles. The van der Waals surface area contributed by atoms with Crippen molar-refractivity contribution in [1.82, 2.24) is 0 Å². The molecule has 4 atom stereocenters. The van der Waals surface area contributed by atoms with E-state index in [9.17, 15) is 19.0 Å². The molecule has 1 N–H and O–H groups in total. The first-order chi connectivity index (χ1) is 13.0. The van der Waals surface area contributed by atoms with Crippen molar-refractivity contribution in [1.29, 1.82) is 0 Å². The normalized spacial score (nSPS) is 27.9. The Kier molecular flexibility index (Phi) is 4.71. The van der Waals surface area contributed by atoms with Crippen LogP contribution in [0.2, 0.25) is 5.82 Å². The Bertz CT molecular complexity index is 770. The van der Waals surface area contributed by atoms with E-state index in [4.69, 9.17) is 18.9 Å². The highest BCUT2D eigenvalue weighted by molar-refractivity contribution is 6.48. The Hall–Kier alpha value is -2.29. The second kappa shape index (κ2) is 7.03. The van der Waals surface area contributed by atoms with Gasteiger partial charge in [-0.3, -0.25) is 0 Å². The quantitative estimate of drug-likeness (QED) is 0.489. The smallest absolute Gasteiger partial charge is 0.526 e. The molecular weight excluding hydrogens is 358 g/mol. The lowest BCUT2D eigenvalue weighted by Gasteiger charge is -2.22. The van der Waals surface area contributed by atoms with Crippen LogP contribution in [-0.2, 0) is 14.2 Å². The van der Waals surface area contributed by atoms with Crippen LogP contribution in [0.4, 0.5) is 9.18 Å². The highest BCUT2D eigenvalue weighted by Gasteiger charge is 2.54. The van der Waals surface area contributed by atoms with Gasteiger partial charge in [-0.05, 0) is 49.1 Å². The van der Waals surface area contributed by atoms with Crippen molar-refractivity contribution < 1.29 is 37.9 Å². The molecule has 0 aromatic heterocycles. The highest BCUT2D eigenvalue weighted by Crippen LogP contribution is 2.60. The second-order valence-electron chi connectivity index (χ2n) is 7.36. The lowest BCUT2D eigenvalue weighted by molar-refractivity contribution is -0.0427. The average molecular weight is 378 g/mol. The molecule has 1 aliphatic heterocycles. The van der Waals surface area contributed by atoms with Crippen molar-refractivity contribution in [3.05, 3.63) is 29.1 Å².